The highest BCUT2D eigenvalue weighted by Crippen LogP contribution is 2.16. The van der Waals surface area contributed by atoms with Gasteiger partial charge >= 0.3 is 11.9 Å². The molecule has 0 aliphatic rings. The maximum Gasteiger partial charge on any atom is 0.311 e. The molecule has 0 saturated heterocycles. The van der Waals surface area contributed by atoms with Gasteiger partial charge in [0.2, 0.25) is 0 Å². The molecule has 0 aliphatic heterocycles. The topological polar surface area (TPSA) is 52.6 Å². The minimum atomic E-state index is -0.431. The lowest BCUT2D eigenvalue weighted by atomic mass is 9.99. The van der Waals surface area contributed by atoms with E-state index in [2.05, 4.69) is 42.8 Å². The molecule has 1 rings (SSSR count). The maximum atomic E-state index is 11.5. The van der Waals surface area contributed by atoms with Crippen LogP contribution in [0, 0.1) is 0 Å². The highest BCUT2D eigenvalue weighted by atomic mass is 16.5. The van der Waals surface area contributed by atoms with Gasteiger partial charge in [0.25, 0.3) is 0 Å². The fourth-order valence-electron chi connectivity index (χ4n) is 1.92. The molecule has 0 N–H and O–H groups in total. The molecule has 0 aromatic heterocycles. The number of ether oxygens (including phenoxy) is 2. The number of esters is 2. The number of hydrogen-bond acceptors (Lipinski definition) is 4. The van der Waals surface area contributed by atoms with Crippen molar-refractivity contribution >= 4 is 11.9 Å². The predicted molar refractivity (Wildman–Crippen MR) is 85.3 cm³/mol. The molecule has 0 heterocycles. The molecule has 0 radical (unpaired) electrons. The molecule has 0 bridgehead atoms. The van der Waals surface area contributed by atoms with Crippen LogP contribution in [-0.2, 0) is 25.5 Å². The van der Waals surface area contributed by atoms with E-state index in [0.717, 1.165) is 12.0 Å². The number of hydrogen-bond donors (Lipinski definition) is 0. The number of rotatable bonds is 7. The quantitative estimate of drug-likeness (QED) is 0.568. The fourth-order valence-corrected chi connectivity index (χ4v) is 1.92. The molecule has 0 saturated carbocycles. The zero-order valence-electron chi connectivity index (χ0n) is 13.7. The van der Waals surface area contributed by atoms with Crippen LogP contribution < -0.4 is 0 Å². The van der Waals surface area contributed by atoms with Gasteiger partial charge < -0.3 is 9.47 Å². The van der Waals surface area contributed by atoms with Gasteiger partial charge in [-0.25, -0.2) is 0 Å². The van der Waals surface area contributed by atoms with Gasteiger partial charge in [0.1, 0.15) is 0 Å². The van der Waals surface area contributed by atoms with Gasteiger partial charge in [0.05, 0.1) is 26.2 Å². The minimum absolute atomic E-state index is 0.0273. The summed E-state index contributed by atoms with van der Waals surface area (Å²) in [5.74, 6) is -0.329. The van der Waals surface area contributed by atoms with Gasteiger partial charge in [-0.1, -0.05) is 38.1 Å². The molecule has 0 spiro atoms. The van der Waals surface area contributed by atoms with Gasteiger partial charge in [-0.2, -0.15) is 0 Å². The van der Waals surface area contributed by atoms with Crippen LogP contribution in [0.5, 0.6) is 0 Å². The third kappa shape index (κ3) is 6.57. The summed E-state index contributed by atoms with van der Waals surface area (Å²) < 4.78 is 9.49. The first-order chi connectivity index (χ1) is 10.4. The number of carbonyl (C=O) groups is 2. The summed E-state index contributed by atoms with van der Waals surface area (Å²) in [4.78, 5) is 22.4. The molecule has 1 aromatic rings. The molecule has 0 fully saturated rings. The Kier molecular flexibility index (Phi) is 7.37. The Balaban J connectivity index is 2.45. The van der Waals surface area contributed by atoms with Crippen LogP contribution in [0.4, 0.5) is 0 Å². The monoisotopic (exact) mass is 304 g/mol. The molecule has 4 heteroatoms. The van der Waals surface area contributed by atoms with Gasteiger partial charge in [0.15, 0.2) is 0 Å². The maximum absolute atomic E-state index is 11.5. The van der Waals surface area contributed by atoms with Gasteiger partial charge in [-0.05, 0) is 36.0 Å². The summed E-state index contributed by atoms with van der Waals surface area (Å²) in [6.07, 6.45) is 2.25. The normalized spacial score (nSPS) is 11.4. The van der Waals surface area contributed by atoms with Crippen molar-refractivity contribution < 1.29 is 19.1 Å². The Bertz CT molecular complexity index is 527. The number of allylic oxidation sites excluding steroid dienone is 1. The lowest BCUT2D eigenvalue weighted by Crippen LogP contribution is -2.06. The third-order valence-electron chi connectivity index (χ3n) is 3.28. The van der Waals surface area contributed by atoms with E-state index >= 15 is 0 Å². The highest BCUT2D eigenvalue weighted by molar-refractivity contribution is 5.77. The Labute approximate surface area is 132 Å². The lowest BCUT2D eigenvalue weighted by Gasteiger charge is -2.07. The molecule has 120 valence electrons. The summed E-state index contributed by atoms with van der Waals surface area (Å²) in [5.41, 5.74) is 3.42. The Morgan fingerprint density at radius 2 is 1.68 bits per heavy atom. The Hall–Kier alpha value is -2.10. The summed E-state index contributed by atoms with van der Waals surface area (Å²) in [7, 11) is 1.29. The van der Waals surface area contributed by atoms with E-state index in [4.69, 9.17) is 4.74 Å². The smallest absolute Gasteiger partial charge is 0.311 e. The zero-order chi connectivity index (χ0) is 16.5. The van der Waals surface area contributed by atoms with E-state index in [9.17, 15) is 9.59 Å². The average Bonchev–Trinajstić information content (AvgIpc) is 2.51. The molecule has 1 aromatic carbocycles. The first kappa shape index (κ1) is 18.0. The highest BCUT2D eigenvalue weighted by Gasteiger charge is 2.07. The van der Waals surface area contributed by atoms with E-state index in [1.807, 2.05) is 6.92 Å². The average molecular weight is 304 g/mol. The SMILES string of the molecule is COC(=O)CCC(=O)OC=C(C)Cc1ccc(C(C)C)cc1. The fraction of sp³-hybridized carbons (Fsp3) is 0.444. The van der Waals surface area contributed by atoms with E-state index < -0.39 is 11.9 Å². The summed E-state index contributed by atoms with van der Waals surface area (Å²) in [6, 6.07) is 8.42. The Morgan fingerprint density at radius 3 is 2.23 bits per heavy atom. The lowest BCUT2D eigenvalue weighted by molar-refractivity contribution is -0.146. The molecule has 0 amide bonds. The molecule has 0 atom stereocenters. The summed E-state index contributed by atoms with van der Waals surface area (Å²) in [5, 5.41) is 0. The van der Waals surface area contributed by atoms with Gasteiger partial charge in [-0.3, -0.25) is 9.59 Å². The van der Waals surface area contributed by atoms with Gasteiger partial charge in [-0.15, -0.1) is 0 Å². The van der Waals surface area contributed by atoms with Crippen molar-refractivity contribution in [2.45, 2.75) is 46.0 Å². The Morgan fingerprint density at radius 1 is 1.09 bits per heavy atom. The van der Waals surface area contributed by atoms with Crippen molar-refractivity contribution in [3.63, 3.8) is 0 Å². The van der Waals surface area contributed by atoms with Crippen molar-refractivity contribution in [3.05, 3.63) is 47.2 Å². The summed E-state index contributed by atoms with van der Waals surface area (Å²) >= 11 is 0. The van der Waals surface area contributed by atoms with Crippen molar-refractivity contribution in [1.82, 2.24) is 0 Å². The van der Waals surface area contributed by atoms with Crippen molar-refractivity contribution in [3.8, 4) is 0 Å². The standard InChI is InChI=1S/C18H24O4/c1-13(2)16-7-5-15(6-8-16)11-14(3)12-22-18(20)10-9-17(19)21-4/h5-8,12-13H,9-11H2,1-4H3. The number of carbonyl (C=O) groups excluding carboxylic acids is 2. The molecular formula is C18H24O4. The van der Waals surface area contributed by atoms with Crippen LogP contribution in [0.3, 0.4) is 0 Å². The van der Waals surface area contributed by atoms with Crippen molar-refractivity contribution in [2.24, 2.45) is 0 Å². The molecule has 4 nitrogen and oxygen atoms in total. The first-order valence-corrected chi connectivity index (χ1v) is 7.43. The second-order valence-electron chi connectivity index (χ2n) is 5.60. The van der Waals surface area contributed by atoms with Crippen LogP contribution in [0.1, 0.15) is 50.7 Å². The second-order valence-corrected chi connectivity index (χ2v) is 5.60. The van der Waals surface area contributed by atoms with Crippen LogP contribution in [0.2, 0.25) is 0 Å². The van der Waals surface area contributed by atoms with E-state index in [0.29, 0.717) is 5.92 Å². The van der Waals surface area contributed by atoms with E-state index in [-0.39, 0.29) is 12.8 Å². The van der Waals surface area contributed by atoms with Crippen molar-refractivity contribution in [1.29, 1.82) is 0 Å². The largest absolute Gasteiger partial charge is 0.469 e. The summed E-state index contributed by atoms with van der Waals surface area (Å²) in [6.45, 7) is 6.23. The minimum Gasteiger partial charge on any atom is -0.469 e. The van der Waals surface area contributed by atoms with E-state index in [1.165, 1.54) is 24.5 Å². The van der Waals surface area contributed by atoms with Crippen LogP contribution >= 0.6 is 0 Å². The van der Waals surface area contributed by atoms with E-state index in [1.54, 1.807) is 0 Å². The van der Waals surface area contributed by atoms with Crippen LogP contribution in [0.15, 0.2) is 36.1 Å². The van der Waals surface area contributed by atoms with Crippen LogP contribution in [-0.4, -0.2) is 19.0 Å². The second kappa shape index (κ2) is 9.03. The molecule has 0 unspecified atom stereocenters. The zero-order valence-corrected chi connectivity index (χ0v) is 13.7. The molecule has 0 aliphatic carbocycles. The molecular weight excluding hydrogens is 280 g/mol. The van der Waals surface area contributed by atoms with Crippen LogP contribution in [0.25, 0.3) is 0 Å². The predicted octanol–water partition coefficient (Wildman–Crippen LogP) is 3.75. The first-order valence-electron chi connectivity index (χ1n) is 7.43. The number of benzene rings is 1. The third-order valence-corrected chi connectivity index (χ3v) is 3.28. The molecule has 22 heavy (non-hydrogen) atoms. The number of methoxy groups -OCH3 is 1. The van der Waals surface area contributed by atoms with Crippen molar-refractivity contribution in [2.75, 3.05) is 7.11 Å². The van der Waals surface area contributed by atoms with Gasteiger partial charge in [0, 0.05) is 0 Å².